The summed E-state index contributed by atoms with van der Waals surface area (Å²) in [6.07, 6.45) is 5.25. The van der Waals surface area contributed by atoms with Crippen molar-refractivity contribution in [3.63, 3.8) is 0 Å². The van der Waals surface area contributed by atoms with Gasteiger partial charge in [0.2, 0.25) is 0 Å². The molecule has 0 aromatic heterocycles. The van der Waals surface area contributed by atoms with Crippen LogP contribution in [0.15, 0.2) is 24.3 Å². The number of halogens is 1. The predicted molar refractivity (Wildman–Crippen MR) is 141 cm³/mol. The topological polar surface area (TPSA) is 79.9 Å². The Morgan fingerprint density at radius 3 is 2.69 bits per heavy atom. The van der Waals surface area contributed by atoms with Crippen molar-refractivity contribution >= 4 is 23.7 Å². The molecule has 0 bridgehead atoms. The molecule has 0 spiro atoms. The fourth-order valence-electron chi connectivity index (χ4n) is 4.55. The Morgan fingerprint density at radius 1 is 1.26 bits per heavy atom. The summed E-state index contributed by atoms with van der Waals surface area (Å²) < 4.78 is 10.9. The molecular weight excluding hydrogens is 466 g/mol. The van der Waals surface area contributed by atoms with E-state index in [1.807, 2.05) is 29.2 Å². The van der Waals surface area contributed by atoms with Crippen molar-refractivity contribution in [1.29, 1.82) is 0 Å². The third kappa shape index (κ3) is 10.7. The highest BCUT2D eigenvalue weighted by Gasteiger charge is 2.32. The van der Waals surface area contributed by atoms with Crippen LogP contribution in [-0.4, -0.2) is 56.4 Å². The van der Waals surface area contributed by atoms with Crippen LogP contribution in [0.5, 0.6) is 0 Å². The summed E-state index contributed by atoms with van der Waals surface area (Å²) in [6, 6.07) is 7.89. The number of amides is 3. The largest absolute Gasteiger partial charge is 0.453 e. The van der Waals surface area contributed by atoms with Gasteiger partial charge in [0.1, 0.15) is 0 Å². The van der Waals surface area contributed by atoms with E-state index in [9.17, 15) is 9.59 Å². The van der Waals surface area contributed by atoms with Crippen LogP contribution < -0.4 is 10.6 Å². The molecule has 1 fully saturated rings. The monoisotopic (exact) mass is 509 g/mol. The second-order valence-corrected chi connectivity index (χ2v) is 11.1. The number of carbonyl (C=O) groups excluding carboxylic acids is 2. The smallest absolute Gasteiger partial charge is 0.406 e. The Morgan fingerprint density at radius 2 is 2.03 bits per heavy atom. The van der Waals surface area contributed by atoms with Crippen molar-refractivity contribution < 1.29 is 19.1 Å². The van der Waals surface area contributed by atoms with E-state index in [0.717, 1.165) is 50.6 Å². The highest BCUT2D eigenvalue weighted by Crippen LogP contribution is 2.34. The third-order valence-electron chi connectivity index (χ3n) is 6.41. The Kier molecular flexibility index (Phi) is 12.1. The molecule has 0 radical (unpaired) electrons. The summed E-state index contributed by atoms with van der Waals surface area (Å²) in [5.41, 5.74) is 1.23. The van der Waals surface area contributed by atoms with Crippen molar-refractivity contribution in [3.05, 3.63) is 34.9 Å². The van der Waals surface area contributed by atoms with Gasteiger partial charge in [0, 0.05) is 36.6 Å². The van der Waals surface area contributed by atoms with Gasteiger partial charge in [-0.15, -0.1) is 0 Å². The minimum Gasteiger partial charge on any atom is -0.453 e. The second-order valence-electron chi connectivity index (χ2n) is 10.6. The lowest BCUT2D eigenvalue weighted by molar-refractivity contribution is -0.00865. The minimum atomic E-state index is -0.485. The molecule has 1 heterocycles. The van der Waals surface area contributed by atoms with Crippen LogP contribution in [0.25, 0.3) is 0 Å². The molecule has 8 heteroatoms. The van der Waals surface area contributed by atoms with Gasteiger partial charge >= 0.3 is 12.1 Å². The summed E-state index contributed by atoms with van der Waals surface area (Å²) in [7, 11) is 1.33. The van der Waals surface area contributed by atoms with Gasteiger partial charge in [0.15, 0.2) is 0 Å². The van der Waals surface area contributed by atoms with E-state index in [1.165, 1.54) is 7.11 Å². The number of nitrogens with zero attached hydrogens (tertiary/aromatic N) is 1. The van der Waals surface area contributed by atoms with Gasteiger partial charge in [0.25, 0.3) is 0 Å². The zero-order chi connectivity index (χ0) is 25.8. The number of urea groups is 1. The lowest BCUT2D eigenvalue weighted by Gasteiger charge is -2.38. The maximum atomic E-state index is 13.2. The van der Waals surface area contributed by atoms with Crippen LogP contribution in [0.2, 0.25) is 5.02 Å². The van der Waals surface area contributed by atoms with Crippen molar-refractivity contribution in [3.8, 4) is 0 Å². The first-order valence-electron chi connectivity index (χ1n) is 12.9. The number of alkyl carbamates (subject to hydrolysis) is 1. The predicted octanol–water partition coefficient (Wildman–Crippen LogP) is 6.17. The Hall–Kier alpha value is -1.99. The molecule has 0 saturated carbocycles. The standard InChI is InChI=1S/C27H44ClN3O4/c1-6-9-23(13-14-27(2,3)4)30-25(32)31-16-8-11-21(19-31)24(20-10-7-12-22(28)18-20)35-17-15-29-26(33)34-5/h7,10,12,18,21,23-24H,6,8-9,11,13-17,19H2,1-5H3,(H,29,33)(H,30,32)/t21-,23-,24+/m1/s1. The lowest BCUT2D eigenvalue weighted by atomic mass is 9.87. The first-order valence-corrected chi connectivity index (χ1v) is 13.2. The summed E-state index contributed by atoms with van der Waals surface area (Å²) in [5, 5.41) is 6.60. The van der Waals surface area contributed by atoms with Gasteiger partial charge in [-0.1, -0.05) is 57.8 Å². The number of nitrogens with one attached hydrogen (secondary N) is 2. The van der Waals surface area contributed by atoms with Crippen LogP contribution >= 0.6 is 11.6 Å². The van der Waals surface area contributed by atoms with Crippen LogP contribution in [-0.2, 0) is 9.47 Å². The molecule has 1 aliphatic heterocycles. The average molecular weight is 510 g/mol. The molecular formula is C27H44ClN3O4. The zero-order valence-corrected chi connectivity index (χ0v) is 22.8. The number of carbonyl (C=O) groups is 2. The number of rotatable bonds is 11. The van der Waals surface area contributed by atoms with Crippen molar-refractivity contribution in [2.45, 2.75) is 78.4 Å². The fraction of sp³-hybridized carbons (Fsp3) is 0.704. The maximum Gasteiger partial charge on any atom is 0.406 e. The number of benzene rings is 1. The molecule has 2 rings (SSSR count). The molecule has 1 aliphatic rings. The lowest BCUT2D eigenvalue weighted by Crippen LogP contribution is -2.49. The van der Waals surface area contributed by atoms with Gasteiger partial charge in [0.05, 0.1) is 19.8 Å². The first kappa shape index (κ1) is 29.2. The molecule has 0 aliphatic carbocycles. The number of piperidine rings is 1. The van der Waals surface area contributed by atoms with Crippen molar-refractivity contribution in [2.75, 3.05) is 33.4 Å². The van der Waals surface area contributed by atoms with Crippen molar-refractivity contribution in [1.82, 2.24) is 15.5 Å². The van der Waals surface area contributed by atoms with E-state index < -0.39 is 6.09 Å². The molecule has 7 nitrogen and oxygen atoms in total. The average Bonchev–Trinajstić information content (AvgIpc) is 2.82. The highest BCUT2D eigenvalue weighted by atomic mass is 35.5. The summed E-state index contributed by atoms with van der Waals surface area (Å²) in [5.74, 6) is 0.130. The van der Waals surface area contributed by atoms with E-state index in [1.54, 1.807) is 0 Å². The van der Waals surface area contributed by atoms with Crippen LogP contribution in [0.4, 0.5) is 9.59 Å². The fourth-order valence-corrected chi connectivity index (χ4v) is 4.75. The molecule has 198 valence electrons. The van der Waals surface area contributed by atoms with E-state index in [-0.39, 0.29) is 29.5 Å². The van der Waals surface area contributed by atoms with Gasteiger partial charge in [-0.25, -0.2) is 9.59 Å². The highest BCUT2D eigenvalue weighted by molar-refractivity contribution is 6.30. The van der Waals surface area contributed by atoms with Gasteiger partial charge in [-0.3, -0.25) is 0 Å². The molecule has 3 amide bonds. The minimum absolute atomic E-state index is 0.0132. The van der Waals surface area contributed by atoms with Crippen molar-refractivity contribution in [2.24, 2.45) is 11.3 Å². The van der Waals surface area contributed by atoms with E-state index in [4.69, 9.17) is 16.3 Å². The van der Waals surface area contributed by atoms with Gasteiger partial charge < -0.3 is 25.0 Å². The number of ether oxygens (including phenoxy) is 2. The quantitative estimate of drug-likeness (QED) is 0.349. The maximum absolute atomic E-state index is 13.2. The number of hydrogen-bond donors (Lipinski definition) is 2. The molecule has 3 atom stereocenters. The van der Waals surface area contributed by atoms with Crippen LogP contribution in [0.3, 0.4) is 0 Å². The first-order chi connectivity index (χ1) is 16.6. The van der Waals surface area contributed by atoms with E-state index in [2.05, 4.69) is 43.1 Å². The normalized spacial score (nSPS) is 18.0. The SMILES string of the molecule is CCC[C@H](CCC(C)(C)C)NC(=O)N1CCC[C@@H]([C@@H](OCCNC(=O)OC)c2cccc(Cl)c2)C1. The van der Waals surface area contributed by atoms with E-state index >= 15 is 0 Å². The molecule has 2 N–H and O–H groups in total. The van der Waals surface area contributed by atoms with Crippen LogP contribution in [0, 0.1) is 11.3 Å². The molecule has 1 saturated heterocycles. The van der Waals surface area contributed by atoms with E-state index in [0.29, 0.717) is 24.7 Å². The second kappa shape index (κ2) is 14.5. The Labute approximate surface area is 216 Å². The Bertz CT molecular complexity index is 799. The third-order valence-corrected chi connectivity index (χ3v) is 6.65. The summed E-state index contributed by atoms with van der Waals surface area (Å²) >= 11 is 6.27. The molecule has 0 unspecified atom stereocenters. The number of hydrogen-bond acceptors (Lipinski definition) is 4. The van der Waals surface area contributed by atoms with Crippen LogP contribution in [0.1, 0.15) is 77.9 Å². The van der Waals surface area contributed by atoms with Gasteiger partial charge in [-0.2, -0.15) is 0 Å². The van der Waals surface area contributed by atoms with Gasteiger partial charge in [-0.05, 0) is 55.2 Å². The molecule has 1 aromatic rings. The summed E-state index contributed by atoms with van der Waals surface area (Å²) in [4.78, 5) is 26.5. The zero-order valence-electron chi connectivity index (χ0n) is 22.1. The molecule has 35 heavy (non-hydrogen) atoms. The molecule has 1 aromatic carbocycles. The Balaban J connectivity index is 2.05. The summed E-state index contributed by atoms with van der Waals surface area (Å²) in [6.45, 7) is 10.9. The number of likely N-dealkylation sites (tertiary alicyclic amines) is 1. The number of methoxy groups -OCH3 is 1.